The van der Waals surface area contributed by atoms with Gasteiger partial charge in [-0.15, -0.1) is 0 Å². The second kappa shape index (κ2) is 7.09. The molecule has 3 rings (SSSR count). The van der Waals surface area contributed by atoms with Crippen molar-refractivity contribution >= 4 is 17.0 Å². The summed E-state index contributed by atoms with van der Waals surface area (Å²) in [6.45, 7) is 9.30. The lowest BCUT2D eigenvalue weighted by molar-refractivity contribution is 0.342. The molecule has 1 aliphatic rings. The molecule has 2 aromatic rings. The predicted molar refractivity (Wildman–Crippen MR) is 103 cm³/mol. The lowest BCUT2D eigenvalue weighted by Crippen LogP contribution is -2.30. The van der Waals surface area contributed by atoms with Gasteiger partial charge in [0.15, 0.2) is 0 Å². The highest BCUT2D eigenvalue weighted by Crippen LogP contribution is 2.47. The topological polar surface area (TPSA) is 12.0 Å². The highest BCUT2D eigenvalue weighted by Gasteiger charge is 2.34. The van der Waals surface area contributed by atoms with Crippen LogP contribution in [0.5, 0.6) is 0 Å². The SMILES string of the molecule is CCCC[C@@H]1[C@H](C)c2cc(C(C)C)ccc2N[C@H]1c1ccsc1. The first kappa shape index (κ1) is 16.6. The molecule has 0 saturated heterocycles. The largest absolute Gasteiger partial charge is 0.378 e. The van der Waals surface area contributed by atoms with E-state index in [4.69, 9.17) is 0 Å². The fraction of sp³-hybridized carbons (Fsp3) is 0.524. The van der Waals surface area contributed by atoms with Crippen molar-refractivity contribution in [2.24, 2.45) is 5.92 Å². The standard InChI is InChI=1S/C21H29NS/c1-5-6-7-18-15(4)19-12-16(14(2)3)8-9-20(19)22-21(18)17-10-11-23-13-17/h8-15,18,21-22H,5-7H2,1-4H3/t15-,18+,21-/m0/s1. The van der Waals surface area contributed by atoms with Gasteiger partial charge in [0.1, 0.15) is 0 Å². The third-order valence-corrected chi connectivity index (χ3v) is 6.11. The summed E-state index contributed by atoms with van der Waals surface area (Å²) in [6, 6.07) is 9.79. The van der Waals surface area contributed by atoms with E-state index in [1.54, 1.807) is 0 Å². The van der Waals surface area contributed by atoms with E-state index in [0.29, 0.717) is 23.8 Å². The Labute approximate surface area is 145 Å². The average molecular weight is 328 g/mol. The van der Waals surface area contributed by atoms with Crippen molar-refractivity contribution in [2.75, 3.05) is 5.32 Å². The molecule has 1 aromatic heterocycles. The van der Waals surface area contributed by atoms with Gasteiger partial charge in [-0.3, -0.25) is 0 Å². The van der Waals surface area contributed by atoms with Crippen LogP contribution in [0.3, 0.4) is 0 Å². The first-order valence-electron chi connectivity index (χ1n) is 9.04. The van der Waals surface area contributed by atoms with Gasteiger partial charge in [0.05, 0.1) is 6.04 Å². The fourth-order valence-electron chi connectivity index (χ4n) is 3.88. The Hall–Kier alpha value is -1.28. The zero-order valence-corrected chi connectivity index (χ0v) is 15.6. The second-order valence-electron chi connectivity index (χ2n) is 7.27. The molecule has 1 N–H and O–H groups in total. The molecule has 0 spiro atoms. The van der Waals surface area contributed by atoms with Gasteiger partial charge in [-0.05, 0) is 63.8 Å². The molecule has 0 aliphatic carbocycles. The van der Waals surface area contributed by atoms with Gasteiger partial charge < -0.3 is 5.32 Å². The first-order chi connectivity index (χ1) is 11.1. The van der Waals surface area contributed by atoms with Gasteiger partial charge in [-0.2, -0.15) is 11.3 Å². The number of nitrogens with one attached hydrogen (secondary N) is 1. The number of unbranched alkanes of at least 4 members (excludes halogenated alkanes) is 1. The second-order valence-corrected chi connectivity index (χ2v) is 8.05. The third-order valence-electron chi connectivity index (χ3n) is 5.41. The Kier molecular flexibility index (Phi) is 5.11. The summed E-state index contributed by atoms with van der Waals surface area (Å²) in [7, 11) is 0. The molecule has 2 heterocycles. The summed E-state index contributed by atoms with van der Waals surface area (Å²) in [4.78, 5) is 0. The Morgan fingerprint density at radius 2 is 2.04 bits per heavy atom. The summed E-state index contributed by atoms with van der Waals surface area (Å²) in [6.07, 6.45) is 3.89. The summed E-state index contributed by atoms with van der Waals surface area (Å²) >= 11 is 1.81. The van der Waals surface area contributed by atoms with Crippen LogP contribution in [0.2, 0.25) is 0 Å². The van der Waals surface area contributed by atoms with Crippen molar-refractivity contribution in [1.82, 2.24) is 0 Å². The molecular weight excluding hydrogens is 298 g/mol. The minimum absolute atomic E-state index is 0.459. The predicted octanol–water partition coefficient (Wildman–Crippen LogP) is 6.95. The Morgan fingerprint density at radius 3 is 2.70 bits per heavy atom. The molecule has 3 atom stereocenters. The number of benzene rings is 1. The van der Waals surface area contributed by atoms with Gasteiger partial charge >= 0.3 is 0 Å². The van der Waals surface area contributed by atoms with Crippen molar-refractivity contribution in [3.8, 4) is 0 Å². The maximum absolute atomic E-state index is 3.86. The van der Waals surface area contributed by atoms with Crippen molar-refractivity contribution in [1.29, 1.82) is 0 Å². The normalized spacial score (nSPS) is 23.6. The number of fused-ring (bicyclic) bond motifs is 1. The van der Waals surface area contributed by atoms with Gasteiger partial charge in [0.25, 0.3) is 0 Å². The van der Waals surface area contributed by atoms with Crippen molar-refractivity contribution in [2.45, 2.75) is 64.8 Å². The van der Waals surface area contributed by atoms with E-state index in [2.05, 4.69) is 68.0 Å². The lowest BCUT2D eigenvalue weighted by atomic mass is 9.73. The fourth-order valence-corrected chi connectivity index (χ4v) is 4.58. The van der Waals surface area contributed by atoms with Crippen LogP contribution in [0.4, 0.5) is 5.69 Å². The van der Waals surface area contributed by atoms with Crippen molar-refractivity contribution < 1.29 is 0 Å². The summed E-state index contributed by atoms with van der Waals surface area (Å²) < 4.78 is 0. The van der Waals surface area contributed by atoms with Crippen LogP contribution < -0.4 is 5.32 Å². The molecule has 1 nitrogen and oxygen atoms in total. The van der Waals surface area contributed by atoms with E-state index in [0.717, 1.165) is 0 Å². The Bertz CT molecular complexity index is 629. The van der Waals surface area contributed by atoms with E-state index in [-0.39, 0.29) is 0 Å². The van der Waals surface area contributed by atoms with E-state index in [1.165, 1.54) is 41.6 Å². The molecule has 2 heteroatoms. The molecule has 1 aliphatic heterocycles. The maximum Gasteiger partial charge on any atom is 0.0556 e. The first-order valence-corrected chi connectivity index (χ1v) is 9.98. The summed E-state index contributed by atoms with van der Waals surface area (Å²) in [5, 5.41) is 8.38. The van der Waals surface area contributed by atoms with Crippen molar-refractivity contribution in [3.05, 3.63) is 51.7 Å². The number of anilines is 1. The molecule has 0 amide bonds. The lowest BCUT2D eigenvalue weighted by Gasteiger charge is -2.40. The van der Waals surface area contributed by atoms with Gasteiger partial charge in [-0.25, -0.2) is 0 Å². The van der Waals surface area contributed by atoms with Crippen LogP contribution in [-0.4, -0.2) is 0 Å². The van der Waals surface area contributed by atoms with Crippen LogP contribution in [-0.2, 0) is 0 Å². The third kappa shape index (κ3) is 3.33. The minimum atomic E-state index is 0.459. The van der Waals surface area contributed by atoms with Crippen LogP contribution >= 0.6 is 11.3 Å². The maximum atomic E-state index is 3.86. The number of rotatable bonds is 5. The molecule has 124 valence electrons. The smallest absolute Gasteiger partial charge is 0.0556 e. The minimum Gasteiger partial charge on any atom is -0.378 e. The quantitative estimate of drug-likeness (QED) is 0.626. The molecule has 0 fully saturated rings. The van der Waals surface area contributed by atoms with Gasteiger partial charge in [0.2, 0.25) is 0 Å². The Balaban J connectivity index is 1.97. The van der Waals surface area contributed by atoms with E-state index in [9.17, 15) is 0 Å². The molecule has 0 radical (unpaired) electrons. The molecule has 0 saturated carbocycles. The highest BCUT2D eigenvalue weighted by molar-refractivity contribution is 7.08. The van der Waals surface area contributed by atoms with E-state index >= 15 is 0 Å². The zero-order chi connectivity index (χ0) is 16.4. The molecule has 0 unspecified atom stereocenters. The number of thiophene rings is 1. The number of hydrogen-bond acceptors (Lipinski definition) is 2. The van der Waals surface area contributed by atoms with E-state index < -0.39 is 0 Å². The molecular formula is C21H29NS. The van der Waals surface area contributed by atoms with E-state index in [1.807, 2.05) is 11.3 Å². The molecule has 23 heavy (non-hydrogen) atoms. The number of hydrogen-bond donors (Lipinski definition) is 1. The highest BCUT2D eigenvalue weighted by atomic mass is 32.1. The molecule has 1 aromatic carbocycles. The van der Waals surface area contributed by atoms with Crippen LogP contribution in [0, 0.1) is 5.92 Å². The van der Waals surface area contributed by atoms with Crippen LogP contribution in [0.25, 0.3) is 0 Å². The molecule has 0 bridgehead atoms. The van der Waals surface area contributed by atoms with Crippen LogP contribution in [0.1, 0.15) is 81.5 Å². The van der Waals surface area contributed by atoms with Gasteiger partial charge in [-0.1, -0.05) is 52.7 Å². The summed E-state index contributed by atoms with van der Waals surface area (Å²) in [5.74, 6) is 1.89. The zero-order valence-electron chi connectivity index (χ0n) is 14.8. The monoisotopic (exact) mass is 327 g/mol. The van der Waals surface area contributed by atoms with Crippen molar-refractivity contribution in [3.63, 3.8) is 0 Å². The van der Waals surface area contributed by atoms with Gasteiger partial charge in [0, 0.05) is 5.69 Å². The Morgan fingerprint density at radius 1 is 1.22 bits per heavy atom. The van der Waals surface area contributed by atoms with Crippen LogP contribution in [0.15, 0.2) is 35.0 Å². The average Bonchev–Trinajstić information content (AvgIpc) is 3.07. The summed E-state index contributed by atoms with van der Waals surface area (Å²) in [5.41, 5.74) is 5.77.